The lowest BCUT2D eigenvalue weighted by Gasteiger charge is -2.43. The number of carbonyl (C=O) groups is 2. The second kappa shape index (κ2) is 12.4. The zero-order chi connectivity index (χ0) is 28.4. The molecule has 7 nitrogen and oxygen atoms in total. The lowest BCUT2D eigenvalue weighted by molar-refractivity contribution is -0.140. The number of ether oxygens (including phenoxy) is 1. The number of fused-ring (bicyclic) bond motifs is 3. The Morgan fingerprint density at radius 2 is 2.08 bits per heavy atom. The van der Waals surface area contributed by atoms with E-state index in [0.29, 0.717) is 31.4 Å². The third-order valence-corrected chi connectivity index (χ3v) is 9.11. The minimum absolute atomic E-state index is 0.150. The summed E-state index contributed by atoms with van der Waals surface area (Å²) in [6.45, 7) is 2.69. The maximum Gasteiger partial charge on any atom is 0.455 e. The van der Waals surface area contributed by atoms with Crippen LogP contribution in [0.15, 0.2) is 52.4 Å². The van der Waals surface area contributed by atoms with Crippen molar-refractivity contribution in [1.82, 2.24) is 4.90 Å². The third kappa shape index (κ3) is 5.81. The third-order valence-electron chi connectivity index (χ3n) is 8.25. The van der Waals surface area contributed by atoms with Gasteiger partial charge in [0, 0.05) is 12.0 Å². The quantitative estimate of drug-likeness (QED) is 0.233. The van der Waals surface area contributed by atoms with Crippen LogP contribution in [0.4, 0.5) is 4.39 Å². The first kappa shape index (κ1) is 28.7. The molecule has 40 heavy (non-hydrogen) atoms. The summed E-state index contributed by atoms with van der Waals surface area (Å²) in [5.74, 6) is -2.65. The van der Waals surface area contributed by atoms with Crippen LogP contribution in [0.3, 0.4) is 0 Å². The summed E-state index contributed by atoms with van der Waals surface area (Å²) >= 11 is 1.52. The fourth-order valence-electron chi connectivity index (χ4n) is 6.61. The number of allylic oxidation sites excluding steroid dienone is 1. The summed E-state index contributed by atoms with van der Waals surface area (Å²) < 4.78 is 25.6. The minimum atomic E-state index is -1.04. The Morgan fingerprint density at radius 3 is 2.77 bits per heavy atom. The first-order valence-corrected chi connectivity index (χ1v) is 14.8. The van der Waals surface area contributed by atoms with E-state index >= 15 is 0 Å². The van der Waals surface area contributed by atoms with Gasteiger partial charge in [-0.3, -0.25) is 14.5 Å². The van der Waals surface area contributed by atoms with E-state index in [-0.39, 0.29) is 36.3 Å². The highest BCUT2D eigenvalue weighted by molar-refractivity contribution is 7.09. The van der Waals surface area contributed by atoms with E-state index in [1.165, 1.54) is 28.4 Å². The molecule has 1 aliphatic carbocycles. The van der Waals surface area contributed by atoms with Crippen LogP contribution in [-0.2, 0) is 25.5 Å². The summed E-state index contributed by atoms with van der Waals surface area (Å²) in [5, 5.41) is 22.2. The monoisotopic (exact) mass is 567 g/mol. The number of hydrogen-bond donors (Lipinski definition) is 2. The fourth-order valence-corrected chi connectivity index (χ4v) is 7.30. The van der Waals surface area contributed by atoms with Crippen molar-refractivity contribution < 1.29 is 33.5 Å². The maximum absolute atomic E-state index is 13.9. The minimum Gasteiger partial charge on any atom is -0.505 e. The topological polar surface area (TPSA) is 96.3 Å². The second-order valence-electron chi connectivity index (χ2n) is 10.9. The molecule has 0 unspecified atom stereocenters. The molecule has 1 aromatic carbocycles. The molecule has 3 aliphatic rings. The van der Waals surface area contributed by atoms with Crippen molar-refractivity contribution in [2.75, 3.05) is 13.7 Å². The van der Waals surface area contributed by atoms with Gasteiger partial charge in [0.15, 0.2) is 11.6 Å². The predicted octanol–water partition coefficient (Wildman–Crippen LogP) is 5.20. The molecule has 212 valence electrons. The molecule has 2 saturated heterocycles. The standard InChI is InChI=1S/C30H35BFNO6S/c1-3-5-18(12-19-7-9-25(34)24(32)13-19)8-10-26-27-20(17-38-2)14-22-28(23(27)15-31(37)39-26)30(36)33(29(22)35)16-21-6-4-11-40-21/h4,6-7,9,11-13,22-23,26,28,34,37H,3,5,8,10,14-17H2,1-2H3/b18-12+/t22-,23+,26-,28-/m1/s1. The summed E-state index contributed by atoms with van der Waals surface area (Å²) in [4.78, 5) is 29.5. The summed E-state index contributed by atoms with van der Waals surface area (Å²) in [6.07, 6.45) is 5.14. The molecule has 0 saturated carbocycles. The number of aromatic hydroxyl groups is 1. The van der Waals surface area contributed by atoms with Gasteiger partial charge in [-0.2, -0.15) is 0 Å². The first-order chi connectivity index (χ1) is 19.3. The molecule has 1 aromatic heterocycles. The van der Waals surface area contributed by atoms with Crippen LogP contribution in [-0.4, -0.2) is 53.8 Å². The zero-order valence-corrected chi connectivity index (χ0v) is 23.7. The van der Waals surface area contributed by atoms with Crippen molar-refractivity contribution in [2.45, 2.75) is 58.0 Å². The number of thiophene rings is 1. The van der Waals surface area contributed by atoms with Crippen LogP contribution in [0.2, 0.25) is 6.32 Å². The fraction of sp³-hybridized carbons (Fsp3) is 0.467. The summed E-state index contributed by atoms with van der Waals surface area (Å²) in [6, 6.07) is 8.17. The van der Waals surface area contributed by atoms with Gasteiger partial charge < -0.3 is 19.5 Å². The normalized spacial score (nSPS) is 25.1. The number of benzene rings is 1. The Kier molecular flexibility index (Phi) is 8.90. The van der Waals surface area contributed by atoms with Crippen molar-refractivity contribution >= 4 is 36.3 Å². The molecule has 2 fully saturated rings. The number of phenols is 1. The molecule has 4 atom stereocenters. The molecular weight excluding hydrogens is 532 g/mol. The zero-order valence-electron chi connectivity index (χ0n) is 22.8. The van der Waals surface area contributed by atoms with E-state index in [0.717, 1.165) is 34.4 Å². The van der Waals surface area contributed by atoms with Gasteiger partial charge in [0.1, 0.15) is 0 Å². The Labute approximate surface area is 238 Å². The Hall–Kier alpha value is -2.79. The predicted molar refractivity (Wildman–Crippen MR) is 152 cm³/mol. The SMILES string of the molecule is CCC/C(=C\c1ccc(O)c(F)c1)CC[C@H]1OB(O)C[C@H]2C1=C(COC)C[C@H]1C(=O)N(Cc3cccs3)C(=O)[C@H]12. The highest BCUT2D eigenvalue weighted by atomic mass is 32.1. The van der Waals surface area contributed by atoms with Crippen LogP contribution in [0.1, 0.15) is 49.5 Å². The molecule has 2 amide bonds. The van der Waals surface area contributed by atoms with Crippen LogP contribution in [0.5, 0.6) is 5.75 Å². The van der Waals surface area contributed by atoms with Gasteiger partial charge in [-0.1, -0.05) is 37.1 Å². The maximum atomic E-state index is 13.9. The smallest absolute Gasteiger partial charge is 0.455 e. The Balaban J connectivity index is 1.41. The number of nitrogens with zero attached hydrogens (tertiary/aromatic N) is 1. The molecule has 0 bridgehead atoms. The molecule has 0 radical (unpaired) electrons. The van der Waals surface area contributed by atoms with Crippen molar-refractivity contribution in [3.05, 3.63) is 68.7 Å². The van der Waals surface area contributed by atoms with Crippen molar-refractivity contribution in [1.29, 1.82) is 0 Å². The van der Waals surface area contributed by atoms with Crippen LogP contribution in [0, 0.1) is 23.6 Å². The molecular formula is C30H35BFNO6S. The molecule has 3 heterocycles. The van der Waals surface area contributed by atoms with Crippen LogP contribution in [0.25, 0.3) is 6.08 Å². The van der Waals surface area contributed by atoms with Gasteiger partial charge >= 0.3 is 7.12 Å². The summed E-state index contributed by atoms with van der Waals surface area (Å²) in [7, 11) is 0.576. The van der Waals surface area contributed by atoms with E-state index in [4.69, 9.17) is 9.39 Å². The van der Waals surface area contributed by atoms with E-state index in [2.05, 4.69) is 6.92 Å². The number of carbonyl (C=O) groups excluding carboxylic acids is 2. The number of imide groups is 1. The number of hydrogen-bond acceptors (Lipinski definition) is 7. The van der Waals surface area contributed by atoms with Gasteiger partial charge in [-0.05, 0) is 78.2 Å². The largest absolute Gasteiger partial charge is 0.505 e. The van der Waals surface area contributed by atoms with E-state index in [9.17, 15) is 24.1 Å². The van der Waals surface area contributed by atoms with Gasteiger partial charge in [-0.15, -0.1) is 11.3 Å². The second-order valence-corrected chi connectivity index (χ2v) is 11.9. The molecule has 10 heteroatoms. The van der Waals surface area contributed by atoms with Crippen LogP contribution >= 0.6 is 11.3 Å². The number of likely N-dealkylation sites (tertiary alicyclic amines) is 1. The van der Waals surface area contributed by atoms with Gasteiger partial charge in [0.05, 0.1) is 31.1 Å². The summed E-state index contributed by atoms with van der Waals surface area (Å²) in [5.41, 5.74) is 3.73. The van der Waals surface area contributed by atoms with Crippen molar-refractivity contribution in [2.24, 2.45) is 17.8 Å². The van der Waals surface area contributed by atoms with Crippen molar-refractivity contribution in [3.8, 4) is 5.75 Å². The van der Waals surface area contributed by atoms with E-state index in [1.54, 1.807) is 13.2 Å². The lowest BCUT2D eigenvalue weighted by atomic mass is 9.58. The Bertz CT molecular complexity index is 1310. The van der Waals surface area contributed by atoms with Gasteiger partial charge in [-0.25, -0.2) is 4.39 Å². The molecule has 5 rings (SSSR count). The van der Waals surface area contributed by atoms with Gasteiger partial charge in [0.25, 0.3) is 0 Å². The number of methoxy groups -OCH3 is 1. The lowest BCUT2D eigenvalue weighted by Crippen LogP contribution is -2.46. The van der Waals surface area contributed by atoms with E-state index in [1.807, 2.05) is 23.6 Å². The average Bonchev–Trinajstić information content (AvgIpc) is 3.52. The number of rotatable bonds is 10. The van der Waals surface area contributed by atoms with Crippen LogP contribution < -0.4 is 0 Å². The highest BCUT2D eigenvalue weighted by Gasteiger charge is 2.57. The number of halogens is 1. The first-order valence-electron chi connectivity index (χ1n) is 13.9. The van der Waals surface area contributed by atoms with Crippen molar-refractivity contribution in [3.63, 3.8) is 0 Å². The van der Waals surface area contributed by atoms with Gasteiger partial charge in [0.2, 0.25) is 11.8 Å². The van der Waals surface area contributed by atoms with E-state index < -0.39 is 30.9 Å². The molecule has 2 N–H and O–H groups in total. The molecule has 2 aromatic rings. The highest BCUT2D eigenvalue weighted by Crippen LogP contribution is 2.51. The number of phenolic OH excluding ortho intramolecular Hbond substituents is 1. The average molecular weight is 567 g/mol. The Morgan fingerprint density at radius 1 is 1.25 bits per heavy atom. The molecule has 0 spiro atoms. The number of amides is 2. The molecule has 2 aliphatic heterocycles.